The third-order valence-corrected chi connectivity index (χ3v) is 7.54. The quantitative estimate of drug-likeness (QED) is 0.250. The number of esters is 1. The van der Waals surface area contributed by atoms with E-state index in [1.54, 1.807) is 31.2 Å². The Morgan fingerprint density at radius 1 is 0.927 bits per heavy atom. The lowest BCUT2D eigenvalue weighted by Crippen LogP contribution is -2.28. The van der Waals surface area contributed by atoms with Gasteiger partial charge in [0.25, 0.3) is 5.91 Å². The lowest BCUT2D eigenvalue weighted by Gasteiger charge is -2.35. The Labute approximate surface area is 238 Å². The number of Topliss-reactive ketones (excluding diaryl/α,β-unsaturated/α-hetero) is 1. The molecule has 41 heavy (non-hydrogen) atoms. The molecule has 0 fully saturated rings. The summed E-state index contributed by atoms with van der Waals surface area (Å²) in [4.78, 5) is 38.0. The molecule has 4 aromatic carbocycles. The summed E-state index contributed by atoms with van der Waals surface area (Å²) < 4.78 is 11.0. The van der Waals surface area contributed by atoms with Crippen molar-refractivity contribution in [2.75, 3.05) is 23.8 Å². The van der Waals surface area contributed by atoms with Crippen molar-refractivity contribution >= 4 is 45.4 Å². The maximum atomic E-state index is 13.4. The van der Waals surface area contributed by atoms with E-state index in [1.165, 1.54) is 0 Å². The van der Waals surface area contributed by atoms with Gasteiger partial charge < -0.3 is 20.1 Å². The minimum Gasteiger partial charge on any atom is -0.483 e. The molecule has 0 bridgehead atoms. The number of para-hydroxylation sites is 1. The molecule has 1 heterocycles. The molecule has 2 N–H and O–H groups in total. The molecule has 1 aliphatic carbocycles. The fourth-order valence-electron chi connectivity index (χ4n) is 5.73. The molecule has 0 saturated carbocycles. The van der Waals surface area contributed by atoms with Crippen LogP contribution in [0.25, 0.3) is 16.3 Å². The zero-order valence-corrected chi connectivity index (χ0v) is 22.7. The number of anilines is 2. The molecular weight excluding hydrogens is 516 g/mol. The number of benzene rings is 4. The molecule has 4 aromatic rings. The van der Waals surface area contributed by atoms with E-state index in [2.05, 4.69) is 34.9 Å². The van der Waals surface area contributed by atoms with Gasteiger partial charge in [0, 0.05) is 34.5 Å². The van der Waals surface area contributed by atoms with E-state index in [9.17, 15) is 14.4 Å². The highest BCUT2D eigenvalue weighted by molar-refractivity contribution is 6.12. The molecule has 6 rings (SSSR count). The summed E-state index contributed by atoms with van der Waals surface area (Å²) in [5, 5.41) is 8.70. The maximum absolute atomic E-state index is 13.4. The molecule has 0 saturated heterocycles. The molecule has 1 aliphatic heterocycles. The van der Waals surface area contributed by atoms with Crippen LogP contribution in [0.4, 0.5) is 11.4 Å². The summed E-state index contributed by atoms with van der Waals surface area (Å²) in [6, 6.07) is 26.1. The van der Waals surface area contributed by atoms with Crippen LogP contribution >= 0.6 is 0 Å². The fraction of sp³-hybridized carbons (Fsp3) is 0.206. The molecule has 206 valence electrons. The van der Waals surface area contributed by atoms with Crippen LogP contribution in [0, 0.1) is 0 Å². The Bertz CT molecular complexity index is 1690. The number of ether oxygens (including phenoxy) is 2. The number of rotatable bonds is 7. The van der Waals surface area contributed by atoms with Gasteiger partial charge in [0.1, 0.15) is 5.75 Å². The van der Waals surface area contributed by atoms with E-state index in [-0.39, 0.29) is 24.3 Å². The van der Waals surface area contributed by atoms with Crippen molar-refractivity contribution in [2.24, 2.45) is 0 Å². The van der Waals surface area contributed by atoms with Crippen LogP contribution in [0.1, 0.15) is 53.7 Å². The topological polar surface area (TPSA) is 93.7 Å². The van der Waals surface area contributed by atoms with Crippen LogP contribution in [0.5, 0.6) is 5.75 Å². The smallest absolute Gasteiger partial charge is 0.338 e. The molecule has 1 atom stereocenters. The second kappa shape index (κ2) is 11.3. The first-order valence-corrected chi connectivity index (χ1v) is 13.9. The predicted molar refractivity (Wildman–Crippen MR) is 159 cm³/mol. The first kappa shape index (κ1) is 26.3. The molecular formula is C34H30N2O5. The van der Waals surface area contributed by atoms with Gasteiger partial charge in [-0.15, -0.1) is 0 Å². The monoisotopic (exact) mass is 546 g/mol. The average molecular weight is 547 g/mol. The predicted octanol–water partition coefficient (Wildman–Crippen LogP) is 6.71. The van der Waals surface area contributed by atoms with Crippen molar-refractivity contribution in [3.05, 3.63) is 107 Å². The summed E-state index contributed by atoms with van der Waals surface area (Å²) in [6.45, 7) is 1.83. The van der Waals surface area contributed by atoms with Crippen molar-refractivity contribution in [3.63, 3.8) is 0 Å². The minimum atomic E-state index is -0.410. The van der Waals surface area contributed by atoms with E-state index in [0.29, 0.717) is 30.0 Å². The van der Waals surface area contributed by atoms with Gasteiger partial charge in [-0.2, -0.15) is 0 Å². The Morgan fingerprint density at radius 3 is 2.54 bits per heavy atom. The number of allylic oxidation sites excluding steroid dienone is 1. The van der Waals surface area contributed by atoms with E-state index < -0.39 is 5.97 Å². The first-order valence-electron chi connectivity index (χ1n) is 13.9. The zero-order chi connectivity index (χ0) is 28.3. The standard InChI is InChI=1S/C34H30N2O5/c1-2-40-34(39)22-14-17-23(18-15-22)35-30(38)20-41-29-13-6-5-10-25(29)33-32-26(11-7-12-28(32)37)31-24-9-4-3-8-21(24)16-19-27(31)36-33/h3-6,8-10,13-19,33,36H,2,7,11-12,20H2,1H3,(H,35,38). The van der Waals surface area contributed by atoms with Crippen molar-refractivity contribution < 1.29 is 23.9 Å². The van der Waals surface area contributed by atoms with Gasteiger partial charge in [-0.1, -0.05) is 48.5 Å². The van der Waals surface area contributed by atoms with E-state index in [1.807, 2.05) is 36.4 Å². The van der Waals surface area contributed by atoms with E-state index >= 15 is 0 Å². The number of carbonyl (C=O) groups excluding carboxylic acids is 3. The third kappa shape index (κ3) is 5.18. The maximum Gasteiger partial charge on any atom is 0.338 e. The molecule has 0 aromatic heterocycles. The fourth-order valence-corrected chi connectivity index (χ4v) is 5.73. The van der Waals surface area contributed by atoms with Gasteiger partial charge in [0.15, 0.2) is 12.4 Å². The van der Waals surface area contributed by atoms with Gasteiger partial charge >= 0.3 is 5.97 Å². The van der Waals surface area contributed by atoms with Crippen molar-refractivity contribution in [1.29, 1.82) is 0 Å². The third-order valence-electron chi connectivity index (χ3n) is 7.54. The van der Waals surface area contributed by atoms with E-state index in [0.717, 1.165) is 51.6 Å². The lowest BCUT2D eigenvalue weighted by molar-refractivity contribution is -0.118. The number of fused-ring (bicyclic) bond motifs is 4. The molecule has 1 unspecified atom stereocenters. The normalized spacial score (nSPS) is 15.9. The minimum absolute atomic E-state index is 0.140. The second-order valence-corrected chi connectivity index (χ2v) is 10.1. The zero-order valence-electron chi connectivity index (χ0n) is 22.7. The number of amides is 1. The number of hydrogen-bond acceptors (Lipinski definition) is 6. The van der Waals surface area contributed by atoms with Crippen LogP contribution in [0.15, 0.2) is 90.5 Å². The lowest BCUT2D eigenvalue weighted by atomic mass is 9.76. The summed E-state index contributed by atoms with van der Waals surface area (Å²) >= 11 is 0. The summed E-state index contributed by atoms with van der Waals surface area (Å²) in [5.74, 6) is -0.0775. The van der Waals surface area contributed by atoms with Gasteiger partial charge in [0.2, 0.25) is 0 Å². The Hall–Kier alpha value is -4.91. The highest BCUT2D eigenvalue weighted by atomic mass is 16.5. The Kier molecular flexibility index (Phi) is 7.25. The van der Waals surface area contributed by atoms with Crippen molar-refractivity contribution in [3.8, 4) is 5.75 Å². The molecule has 1 amide bonds. The van der Waals surface area contributed by atoms with Crippen molar-refractivity contribution in [1.82, 2.24) is 0 Å². The van der Waals surface area contributed by atoms with Crippen LogP contribution < -0.4 is 15.4 Å². The number of ketones is 1. The van der Waals surface area contributed by atoms with Crippen LogP contribution in [-0.4, -0.2) is 30.9 Å². The van der Waals surface area contributed by atoms with Gasteiger partial charge in [-0.3, -0.25) is 9.59 Å². The summed E-state index contributed by atoms with van der Waals surface area (Å²) in [5.41, 5.74) is 5.73. The number of nitrogens with one attached hydrogen (secondary N) is 2. The number of carbonyl (C=O) groups is 3. The summed E-state index contributed by atoms with van der Waals surface area (Å²) in [7, 11) is 0. The summed E-state index contributed by atoms with van der Waals surface area (Å²) in [6.07, 6.45) is 2.17. The molecule has 2 aliphatic rings. The van der Waals surface area contributed by atoms with Gasteiger partial charge in [-0.25, -0.2) is 4.79 Å². The van der Waals surface area contributed by atoms with Crippen molar-refractivity contribution in [2.45, 2.75) is 32.2 Å². The molecule has 0 spiro atoms. The Balaban J connectivity index is 1.25. The largest absolute Gasteiger partial charge is 0.483 e. The Morgan fingerprint density at radius 2 is 1.71 bits per heavy atom. The highest BCUT2D eigenvalue weighted by Gasteiger charge is 2.36. The van der Waals surface area contributed by atoms with Crippen LogP contribution in [0.3, 0.4) is 0 Å². The van der Waals surface area contributed by atoms with Gasteiger partial charge in [-0.05, 0) is 72.5 Å². The van der Waals surface area contributed by atoms with Crippen LogP contribution in [-0.2, 0) is 14.3 Å². The first-order chi connectivity index (χ1) is 20.0. The van der Waals surface area contributed by atoms with Crippen LogP contribution in [0.2, 0.25) is 0 Å². The van der Waals surface area contributed by atoms with E-state index in [4.69, 9.17) is 9.47 Å². The molecule has 7 heteroatoms. The SMILES string of the molecule is CCOC(=O)c1ccc(NC(=O)COc2ccccc2C2Nc3ccc4ccccc4c3C3=C2C(=O)CCC3)cc1. The molecule has 7 nitrogen and oxygen atoms in total. The highest BCUT2D eigenvalue weighted by Crippen LogP contribution is 2.49. The average Bonchev–Trinajstić information content (AvgIpc) is 3.00. The number of hydrogen-bond donors (Lipinski definition) is 2. The second-order valence-electron chi connectivity index (χ2n) is 10.1. The van der Waals surface area contributed by atoms with Gasteiger partial charge in [0.05, 0.1) is 18.2 Å². The molecule has 0 radical (unpaired) electrons.